The number of aromatic nitrogens is 2. The molecule has 1 saturated heterocycles. The van der Waals surface area contributed by atoms with Gasteiger partial charge in [-0.25, -0.2) is 13.6 Å². The van der Waals surface area contributed by atoms with Gasteiger partial charge in [-0.15, -0.1) is 0 Å². The van der Waals surface area contributed by atoms with Crippen LogP contribution in [0.4, 0.5) is 8.78 Å². The Kier molecular flexibility index (Phi) is 8.13. The predicted octanol–water partition coefficient (Wildman–Crippen LogP) is 6.48. The Hall–Kier alpha value is -4.64. The average molecular weight is 600 g/mol. The number of imidazole rings is 1. The molecule has 1 aromatic heterocycles. The number of benzene rings is 4. The molecule has 0 aliphatic carbocycles. The summed E-state index contributed by atoms with van der Waals surface area (Å²) in [4.78, 5) is 20.8. The van der Waals surface area contributed by atoms with Crippen LogP contribution < -0.4 is 4.74 Å². The van der Waals surface area contributed by atoms with Gasteiger partial charge in [0.05, 0.1) is 36.0 Å². The van der Waals surface area contributed by atoms with E-state index >= 15 is 8.78 Å². The van der Waals surface area contributed by atoms with E-state index < -0.39 is 17.6 Å². The predicted molar refractivity (Wildman–Crippen MR) is 162 cm³/mol. The molecule has 0 saturated carbocycles. The monoisotopic (exact) mass is 599 g/mol. The molecule has 3 N–H and O–H groups in total. The van der Waals surface area contributed by atoms with E-state index in [1.165, 1.54) is 17.7 Å². The third kappa shape index (κ3) is 5.92. The van der Waals surface area contributed by atoms with Gasteiger partial charge in [-0.3, -0.25) is 4.90 Å². The number of carboxylic acids is 1. The van der Waals surface area contributed by atoms with Gasteiger partial charge < -0.3 is 24.7 Å². The Balaban J connectivity index is 1.18. The smallest absolute Gasteiger partial charge is 0.336 e. The van der Waals surface area contributed by atoms with Crippen molar-refractivity contribution in [3.63, 3.8) is 0 Å². The summed E-state index contributed by atoms with van der Waals surface area (Å²) in [6.45, 7) is 6.36. The number of aliphatic hydroxyl groups is 1. The zero-order valence-corrected chi connectivity index (χ0v) is 24.2. The minimum atomic E-state index is -1.09. The van der Waals surface area contributed by atoms with E-state index in [4.69, 9.17) is 14.6 Å². The maximum atomic E-state index is 15.7. The third-order valence-corrected chi connectivity index (χ3v) is 7.97. The van der Waals surface area contributed by atoms with Crippen LogP contribution in [0.5, 0.6) is 11.8 Å². The number of H-pyrrole nitrogens is 1. The van der Waals surface area contributed by atoms with Gasteiger partial charge in [-0.05, 0) is 59.4 Å². The minimum Gasteiger partial charge on any atom is -0.478 e. The Morgan fingerprint density at radius 2 is 1.66 bits per heavy atom. The number of rotatable bonds is 10. The molecule has 2 heterocycles. The summed E-state index contributed by atoms with van der Waals surface area (Å²) < 4.78 is 42.1. The van der Waals surface area contributed by atoms with Gasteiger partial charge in [-0.2, -0.15) is 4.98 Å². The van der Waals surface area contributed by atoms with Crippen molar-refractivity contribution in [2.75, 3.05) is 26.3 Å². The molecule has 0 radical (unpaired) electrons. The van der Waals surface area contributed by atoms with Crippen LogP contribution in [0.25, 0.3) is 33.3 Å². The first-order valence-corrected chi connectivity index (χ1v) is 14.2. The number of ether oxygens (including phenoxy) is 2. The Labute approximate surface area is 252 Å². The number of fused-ring (bicyclic) bond motifs is 1. The molecule has 10 heteroatoms. The lowest BCUT2D eigenvalue weighted by atomic mass is 9.98. The highest BCUT2D eigenvalue weighted by molar-refractivity contribution is 5.90. The van der Waals surface area contributed by atoms with Crippen molar-refractivity contribution < 1.29 is 33.3 Å². The highest BCUT2D eigenvalue weighted by Crippen LogP contribution is 2.34. The quantitative estimate of drug-likeness (QED) is 0.169. The van der Waals surface area contributed by atoms with Gasteiger partial charge in [0, 0.05) is 25.7 Å². The standard InChI is InChI=1S/C34H31F2N3O5/c1-19-13-25(14-27(20(19)2)33(41)42)44-34-37-29-15-28(35)30(31(36)32(29)38-34)24-9-7-23(8-10-24)22-5-3-21(4-6-22)16-39-17-26(18-39)43-12-11-40/h3-10,13-15,26,40H,11-12,16-18H2,1-2H3,(H,37,38)(H,41,42). The number of aromatic carboxylic acids is 1. The van der Waals surface area contributed by atoms with Gasteiger partial charge in [-0.1, -0.05) is 48.5 Å². The molecule has 0 amide bonds. The van der Waals surface area contributed by atoms with Crippen LogP contribution in [-0.2, 0) is 11.3 Å². The van der Waals surface area contributed by atoms with Gasteiger partial charge >= 0.3 is 5.97 Å². The average Bonchev–Trinajstić information content (AvgIpc) is 3.39. The molecule has 0 bridgehead atoms. The fourth-order valence-electron chi connectivity index (χ4n) is 5.46. The highest BCUT2D eigenvalue weighted by Gasteiger charge is 2.27. The van der Waals surface area contributed by atoms with Crippen molar-refractivity contribution in [2.24, 2.45) is 0 Å². The van der Waals surface area contributed by atoms with Crippen molar-refractivity contribution >= 4 is 17.0 Å². The number of aliphatic hydroxyl groups excluding tert-OH is 1. The van der Waals surface area contributed by atoms with Gasteiger partial charge in [0.25, 0.3) is 6.01 Å². The van der Waals surface area contributed by atoms with Gasteiger partial charge in [0.2, 0.25) is 0 Å². The molecule has 0 spiro atoms. The molecule has 1 aliphatic heterocycles. The van der Waals surface area contributed by atoms with Crippen LogP contribution in [0.15, 0.2) is 66.7 Å². The highest BCUT2D eigenvalue weighted by atomic mass is 19.1. The Bertz CT molecular complexity index is 1830. The molecule has 0 unspecified atom stereocenters. The summed E-state index contributed by atoms with van der Waals surface area (Å²) in [6.07, 6.45) is 0.177. The largest absolute Gasteiger partial charge is 0.478 e. The van der Waals surface area contributed by atoms with E-state index in [0.717, 1.165) is 30.8 Å². The Morgan fingerprint density at radius 1 is 1.00 bits per heavy atom. The van der Waals surface area contributed by atoms with E-state index in [-0.39, 0.29) is 46.6 Å². The van der Waals surface area contributed by atoms with E-state index in [0.29, 0.717) is 23.3 Å². The molecule has 226 valence electrons. The summed E-state index contributed by atoms with van der Waals surface area (Å²) in [5.41, 5.74) is 4.65. The number of carbonyl (C=O) groups is 1. The second kappa shape index (κ2) is 12.2. The molecule has 1 aliphatic rings. The van der Waals surface area contributed by atoms with Crippen LogP contribution in [0.3, 0.4) is 0 Å². The SMILES string of the molecule is Cc1cc(Oc2nc3c(F)c(-c4ccc(-c5ccc(CN6CC(OCCO)C6)cc5)cc4)c(F)cc3[nH]2)cc(C(=O)O)c1C. The first-order valence-electron chi connectivity index (χ1n) is 14.2. The van der Waals surface area contributed by atoms with E-state index in [1.807, 2.05) is 24.3 Å². The normalized spacial score (nSPS) is 13.8. The van der Waals surface area contributed by atoms with E-state index in [2.05, 4.69) is 27.0 Å². The zero-order valence-electron chi connectivity index (χ0n) is 24.2. The van der Waals surface area contributed by atoms with E-state index in [1.54, 1.807) is 32.0 Å². The topological polar surface area (TPSA) is 108 Å². The van der Waals surface area contributed by atoms with Crippen molar-refractivity contribution in [3.05, 3.63) is 101 Å². The maximum Gasteiger partial charge on any atom is 0.336 e. The molecule has 5 aromatic rings. The summed E-state index contributed by atoms with van der Waals surface area (Å²) in [7, 11) is 0. The van der Waals surface area contributed by atoms with Crippen LogP contribution >= 0.6 is 0 Å². The molecule has 8 nitrogen and oxygen atoms in total. The number of nitrogens with zero attached hydrogens (tertiary/aromatic N) is 2. The van der Waals surface area contributed by atoms with Crippen molar-refractivity contribution in [2.45, 2.75) is 26.5 Å². The van der Waals surface area contributed by atoms with Crippen molar-refractivity contribution in [3.8, 4) is 34.0 Å². The summed E-state index contributed by atoms with van der Waals surface area (Å²) in [6, 6.07) is 19.3. The fraction of sp³-hybridized carbons (Fsp3) is 0.235. The molecule has 44 heavy (non-hydrogen) atoms. The third-order valence-electron chi connectivity index (χ3n) is 7.97. The van der Waals surface area contributed by atoms with Gasteiger partial charge in [0.15, 0.2) is 5.82 Å². The minimum absolute atomic E-state index is 0.0343. The number of likely N-dealkylation sites (tertiary alicyclic amines) is 1. The number of aryl methyl sites for hydroxylation is 1. The number of hydrogen-bond donors (Lipinski definition) is 3. The fourth-order valence-corrected chi connectivity index (χ4v) is 5.46. The van der Waals surface area contributed by atoms with Crippen LogP contribution in [0.1, 0.15) is 27.0 Å². The summed E-state index contributed by atoms with van der Waals surface area (Å²) in [5, 5.41) is 18.4. The van der Waals surface area contributed by atoms with Gasteiger partial charge in [0.1, 0.15) is 17.1 Å². The maximum absolute atomic E-state index is 15.7. The molecule has 0 atom stereocenters. The van der Waals surface area contributed by atoms with Crippen molar-refractivity contribution in [1.29, 1.82) is 0 Å². The number of carboxylic acid groups (broad SMARTS) is 1. The lowest BCUT2D eigenvalue weighted by Crippen LogP contribution is -2.51. The number of nitrogens with one attached hydrogen (secondary N) is 1. The summed E-state index contributed by atoms with van der Waals surface area (Å²) in [5.74, 6) is -2.46. The first-order chi connectivity index (χ1) is 21.2. The zero-order chi connectivity index (χ0) is 31.0. The number of hydrogen-bond acceptors (Lipinski definition) is 6. The lowest BCUT2D eigenvalue weighted by molar-refractivity contribution is -0.0664. The molecule has 1 fully saturated rings. The summed E-state index contributed by atoms with van der Waals surface area (Å²) >= 11 is 0. The Morgan fingerprint density at radius 3 is 2.32 bits per heavy atom. The van der Waals surface area contributed by atoms with E-state index in [9.17, 15) is 9.90 Å². The molecular weight excluding hydrogens is 568 g/mol. The second-order valence-electron chi connectivity index (χ2n) is 11.0. The van der Waals surface area contributed by atoms with Crippen LogP contribution in [0, 0.1) is 25.5 Å². The van der Waals surface area contributed by atoms with Crippen LogP contribution in [-0.4, -0.2) is 63.5 Å². The number of aromatic amines is 1. The second-order valence-corrected chi connectivity index (χ2v) is 11.0. The molecule has 4 aromatic carbocycles. The number of halogens is 2. The molecular formula is C34H31F2N3O5. The van der Waals surface area contributed by atoms with Crippen LogP contribution in [0.2, 0.25) is 0 Å². The first kappa shape index (κ1) is 29.4. The van der Waals surface area contributed by atoms with Crippen molar-refractivity contribution in [1.82, 2.24) is 14.9 Å². The molecule has 6 rings (SSSR count). The lowest BCUT2D eigenvalue weighted by Gasteiger charge is -2.38.